The summed E-state index contributed by atoms with van der Waals surface area (Å²) >= 11 is 0.946. The minimum atomic E-state index is -0.963. The van der Waals surface area contributed by atoms with E-state index in [1.165, 1.54) is 11.0 Å². The maximum atomic E-state index is 13.4. The van der Waals surface area contributed by atoms with Crippen LogP contribution in [0.15, 0.2) is 79.4 Å². The molecular weight excluding hydrogens is 504 g/mol. The van der Waals surface area contributed by atoms with Gasteiger partial charge in [0.15, 0.2) is 5.13 Å². The summed E-state index contributed by atoms with van der Waals surface area (Å²) in [5.74, 6) is -2.09. The fourth-order valence-electron chi connectivity index (χ4n) is 3.99. The predicted octanol–water partition coefficient (Wildman–Crippen LogP) is 5.29. The minimum absolute atomic E-state index is 0.0246. The minimum Gasteiger partial charge on any atom is -0.507 e. The van der Waals surface area contributed by atoms with Gasteiger partial charge >= 0.3 is 11.9 Å². The van der Waals surface area contributed by atoms with E-state index in [4.69, 9.17) is 9.47 Å². The standard InChI is InChI=1S/C29H26N2O6S/c1-5-15-36-21-13-11-20(12-14-21)24(32)22-23(19-9-7-17(3)8-10-19)31(27(34)25(22)33)29-30-18(4)26(38-29)28(35)37-16-6-2/h5-14,23,32H,1-2,15-16H2,3-4H3/b24-22+. The zero-order valence-electron chi connectivity index (χ0n) is 21.0. The zero-order chi connectivity index (χ0) is 27.4. The van der Waals surface area contributed by atoms with E-state index in [1.54, 1.807) is 49.4 Å². The Kier molecular flexibility index (Phi) is 7.87. The highest BCUT2D eigenvalue weighted by Gasteiger charge is 2.48. The van der Waals surface area contributed by atoms with Crippen LogP contribution in [0.25, 0.3) is 5.76 Å². The maximum absolute atomic E-state index is 13.4. The molecule has 0 saturated carbocycles. The molecule has 9 heteroatoms. The fraction of sp³-hybridized carbons (Fsp3) is 0.172. The number of ketones is 1. The molecule has 3 aromatic rings. The quantitative estimate of drug-likeness (QED) is 0.132. The molecule has 1 aliphatic rings. The first-order valence-corrected chi connectivity index (χ1v) is 12.6. The van der Waals surface area contributed by atoms with Gasteiger partial charge in [-0.25, -0.2) is 9.78 Å². The number of hydrogen-bond acceptors (Lipinski definition) is 8. The summed E-state index contributed by atoms with van der Waals surface area (Å²) in [5.41, 5.74) is 2.21. The number of nitrogens with zero attached hydrogens (tertiary/aromatic N) is 2. The number of aliphatic hydroxyl groups is 1. The molecule has 2 heterocycles. The molecule has 1 saturated heterocycles. The lowest BCUT2D eigenvalue weighted by Crippen LogP contribution is -2.29. The van der Waals surface area contributed by atoms with Crippen LogP contribution in [0.2, 0.25) is 0 Å². The van der Waals surface area contributed by atoms with Gasteiger partial charge in [-0.2, -0.15) is 0 Å². The van der Waals surface area contributed by atoms with Gasteiger partial charge in [-0.15, -0.1) is 0 Å². The summed E-state index contributed by atoms with van der Waals surface area (Å²) in [6.45, 7) is 11.0. The molecule has 0 spiro atoms. The molecule has 0 aliphatic carbocycles. The summed E-state index contributed by atoms with van der Waals surface area (Å²) in [7, 11) is 0. The highest BCUT2D eigenvalue weighted by molar-refractivity contribution is 7.17. The third kappa shape index (κ3) is 5.14. The van der Waals surface area contributed by atoms with Crippen molar-refractivity contribution in [2.24, 2.45) is 0 Å². The summed E-state index contributed by atoms with van der Waals surface area (Å²) in [6.07, 6.45) is 3.06. The Hall–Kier alpha value is -4.50. The molecule has 1 N–H and O–H groups in total. The van der Waals surface area contributed by atoms with Gasteiger partial charge in [0.05, 0.1) is 17.3 Å². The van der Waals surface area contributed by atoms with E-state index in [1.807, 2.05) is 19.1 Å². The molecule has 1 fully saturated rings. The number of benzene rings is 2. The van der Waals surface area contributed by atoms with E-state index in [-0.39, 0.29) is 27.9 Å². The van der Waals surface area contributed by atoms with Gasteiger partial charge in [0, 0.05) is 5.56 Å². The lowest BCUT2D eigenvalue weighted by molar-refractivity contribution is -0.132. The number of anilines is 1. The number of hydrogen-bond donors (Lipinski definition) is 1. The van der Waals surface area contributed by atoms with Crippen molar-refractivity contribution < 1.29 is 29.0 Å². The highest BCUT2D eigenvalue weighted by atomic mass is 32.1. The van der Waals surface area contributed by atoms with Crippen molar-refractivity contribution in [3.05, 3.63) is 107 Å². The number of carbonyl (C=O) groups excluding carboxylic acids is 3. The molecule has 1 aromatic heterocycles. The highest BCUT2D eigenvalue weighted by Crippen LogP contribution is 2.44. The molecule has 0 radical (unpaired) electrons. The van der Waals surface area contributed by atoms with Crippen molar-refractivity contribution in [3.8, 4) is 5.75 Å². The second-order valence-electron chi connectivity index (χ2n) is 8.50. The molecular formula is C29H26N2O6S. The van der Waals surface area contributed by atoms with E-state index in [0.717, 1.165) is 16.9 Å². The smallest absolute Gasteiger partial charge is 0.350 e. The van der Waals surface area contributed by atoms with Crippen LogP contribution in [0.3, 0.4) is 0 Å². The number of aryl methyl sites for hydroxylation is 2. The lowest BCUT2D eigenvalue weighted by Gasteiger charge is -2.23. The van der Waals surface area contributed by atoms with Gasteiger partial charge in [-0.05, 0) is 43.7 Å². The number of rotatable bonds is 9. The SMILES string of the molecule is C=CCOC(=O)c1sc(N2C(=O)C(=O)/C(=C(/O)c3ccc(OCC=C)cc3)C2c2ccc(C)cc2)nc1C. The van der Waals surface area contributed by atoms with E-state index in [0.29, 0.717) is 29.2 Å². The van der Waals surface area contributed by atoms with E-state index < -0.39 is 23.7 Å². The molecule has 8 nitrogen and oxygen atoms in total. The van der Waals surface area contributed by atoms with Gasteiger partial charge in [0.25, 0.3) is 5.78 Å². The van der Waals surface area contributed by atoms with Crippen molar-refractivity contribution in [3.63, 3.8) is 0 Å². The van der Waals surface area contributed by atoms with Crippen molar-refractivity contribution >= 4 is 39.9 Å². The summed E-state index contributed by atoms with van der Waals surface area (Å²) in [4.78, 5) is 45.1. The third-order valence-electron chi connectivity index (χ3n) is 5.84. The van der Waals surface area contributed by atoms with Crippen LogP contribution in [-0.2, 0) is 14.3 Å². The average molecular weight is 531 g/mol. The molecule has 2 aromatic carbocycles. The molecule has 1 atom stereocenters. The van der Waals surface area contributed by atoms with Gasteiger partial charge in [-0.1, -0.05) is 66.5 Å². The molecule has 0 bridgehead atoms. The van der Waals surface area contributed by atoms with Crippen molar-refractivity contribution in [2.45, 2.75) is 19.9 Å². The monoisotopic (exact) mass is 530 g/mol. The first kappa shape index (κ1) is 26.6. The number of thiazole rings is 1. The number of aliphatic hydroxyl groups excluding tert-OH is 1. The van der Waals surface area contributed by atoms with E-state index >= 15 is 0 Å². The van der Waals surface area contributed by atoms with Gasteiger partial charge in [-0.3, -0.25) is 14.5 Å². The number of Topliss-reactive ketones (excluding diaryl/α,β-unsaturated/α-hetero) is 1. The molecule has 1 amide bonds. The summed E-state index contributed by atoms with van der Waals surface area (Å²) in [5, 5.41) is 11.4. The number of ether oxygens (including phenoxy) is 2. The molecule has 38 heavy (non-hydrogen) atoms. The molecule has 4 rings (SSSR count). The number of amides is 1. The molecule has 1 unspecified atom stereocenters. The maximum Gasteiger partial charge on any atom is 0.350 e. The zero-order valence-corrected chi connectivity index (χ0v) is 21.8. The second-order valence-corrected chi connectivity index (χ2v) is 9.48. The number of aromatic nitrogens is 1. The van der Waals surface area contributed by atoms with Gasteiger partial charge in [0.1, 0.15) is 29.6 Å². The van der Waals surface area contributed by atoms with Crippen molar-refractivity contribution in [1.82, 2.24) is 4.98 Å². The summed E-state index contributed by atoms with van der Waals surface area (Å²) < 4.78 is 10.6. The average Bonchev–Trinajstić information content (AvgIpc) is 3.43. The summed E-state index contributed by atoms with van der Waals surface area (Å²) in [6, 6.07) is 12.8. The molecule has 1 aliphatic heterocycles. The van der Waals surface area contributed by atoms with Crippen molar-refractivity contribution in [1.29, 1.82) is 0 Å². The third-order valence-corrected chi connectivity index (χ3v) is 6.98. The van der Waals surface area contributed by atoms with Crippen LogP contribution in [0.1, 0.15) is 38.1 Å². The van der Waals surface area contributed by atoms with E-state index in [9.17, 15) is 19.5 Å². The normalized spacial score (nSPS) is 16.4. The van der Waals surface area contributed by atoms with Crippen LogP contribution in [0, 0.1) is 13.8 Å². The first-order valence-electron chi connectivity index (χ1n) is 11.7. The fourth-order valence-corrected chi connectivity index (χ4v) is 4.98. The first-order chi connectivity index (χ1) is 18.3. The van der Waals surface area contributed by atoms with Crippen LogP contribution >= 0.6 is 11.3 Å². The molecule has 194 valence electrons. The second kappa shape index (κ2) is 11.3. The number of esters is 1. The van der Waals surface area contributed by atoms with Crippen molar-refractivity contribution in [2.75, 3.05) is 18.1 Å². The Morgan fingerprint density at radius 2 is 1.71 bits per heavy atom. The van der Waals surface area contributed by atoms with Crippen LogP contribution in [0.4, 0.5) is 5.13 Å². The van der Waals surface area contributed by atoms with E-state index in [2.05, 4.69) is 18.1 Å². The Morgan fingerprint density at radius 1 is 1.05 bits per heavy atom. The number of carbonyl (C=O) groups is 3. The van der Waals surface area contributed by atoms with Crippen LogP contribution < -0.4 is 9.64 Å². The van der Waals surface area contributed by atoms with Crippen LogP contribution in [-0.4, -0.2) is 41.0 Å². The lowest BCUT2D eigenvalue weighted by atomic mass is 9.95. The van der Waals surface area contributed by atoms with Crippen LogP contribution in [0.5, 0.6) is 5.75 Å². The van der Waals surface area contributed by atoms with Gasteiger partial charge in [0.2, 0.25) is 0 Å². The predicted molar refractivity (Wildman–Crippen MR) is 145 cm³/mol. The Morgan fingerprint density at radius 3 is 2.34 bits per heavy atom. The Bertz CT molecular complexity index is 1440. The largest absolute Gasteiger partial charge is 0.507 e. The Balaban J connectivity index is 1.82. The Labute approximate surface area is 224 Å². The van der Waals surface area contributed by atoms with Gasteiger partial charge < -0.3 is 14.6 Å². The topological polar surface area (TPSA) is 106 Å².